The van der Waals surface area contributed by atoms with Crippen LogP contribution in [0.15, 0.2) is 36.4 Å². The van der Waals surface area contributed by atoms with Crippen LogP contribution in [0.3, 0.4) is 0 Å². The SMILES string of the molecule is C[C@@H](N)c1ccc(Oc2ccc(F)c(Cl)c2)c(F)c1. The van der Waals surface area contributed by atoms with Gasteiger partial charge >= 0.3 is 0 Å². The first-order chi connectivity index (χ1) is 8.97. The van der Waals surface area contributed by atoms with Gasteiger partial charge in [-0.2, -0.15) is 0 Å². The lowest BCUT2D eigenvalue weighted by atomic mass is 10.1. The molecule has 2 nitrogen and oxygen atoms in total. The average Bonchev–Trinajstić information content (AvgIpc) is 2.36. The van der Waals surface area contributed by atoms with Crippen LogP contribution in [0.2, 0.25) is 5.02 Å². The van der Waals surface area contributed by atoms with E-state index in [1.165, 1.54) is 24.3 Å². The van der Waals surface area contributed by atoms with Crippen LogP contribution in [0, 0.1) is 11.6 Å². The molecular formula is C14H12ClF2NO. The van der Waals surface area contributed by atoms with Gasteiger partial charge in [0.25, 0.3) is 0 Å². The molecule has 0 aliphatic rings. The fourth-order valence-electron chi connectivity index (χ4n) is 1.55. The maximum Gasteiger partial charge on any atom is 0.166 e. The zero-order chi connectivity index (χ0) is 14.0. The van der Waals surface area contributed by atoms with Crippen molar-refractivity contribution in [2.45, 2.75) is 13.0 Å². The molecule has 0 saturated carbocycles. The third-order valence-corrected chi connectivity index (χ3v) is 2.89. The van der Waals surface area contributed by atoms with E-state index in [-0.39, 0.29) is 22.6 Å². The fraction of sp³-hybridized carbons (Fsp3) is 0.143. The standard InChI is InChI=1S/C14H12ClF2NO/c1-8(18)9-2-5-14(13(17)6-9)19-10-3-4-12(16)11(15)7-10/h2-8H,18H2,1H3/t8-/m1/s1. The summed E-state index contributed by atoms with van der Waals surface area (Å²) in [7, 11) is 0. The van der Waals surface area contributed by atoms with Crippen molar-refractivity contribution < 1.29 is 13.5 Å². The van der Waals surface area contributed by atoms with Gasteiger partial charge in [0, 0.05) is 12.1 Å². The van der Waals surface area contributed by atoms with Crippen LogP contribution < -0.4 is 10.5 Å². The predicted octanol–water partition coefficient (Wildman–Crippen LogP) is 4.43. The topological polar surface area (TPSA) is 35.2 Å². The van der Waals surface area contributed by atoms with Gasteiger partial charge in [0.15, 0.2) is 11.6 Å². The molecule has 2 aromatic rings. The number of halogens is 3. The highest BCUT2D eigenvalue weighted by Gasteiger charge is 2.09. The Kier molecular flexibility index (Phi) is 4.02. The van der Waals surface area contributed by atoms with Gasteiger partial charge in [0.1, 0.15) is 11.6 Å². The number of hydrogen-bond donors (Lipinski definition) is 1. The molecule has 0 aromatic heterocycles. The molecule has 0 amide bonds. The summed E-state index contributed by atoms with van der Waals surface area (Å²) in [6.45, 7) is 1.76. The van der Waals surface area contributed by atoms with E-state index in [0.717, 1.165) is 6.07 Å². The normalized spacial score (nSPS) is 12.3. The number of hydrogen-bond acceptors (Lipinski definition) is 2. The molecule has 0 fully saturated rings. The summed E-state index contributed by atoms with van der Waals surface area (Å²) in [5.74, 6) is -0.789. The van der Waals surface area contributed by atoms with E-state index in [2.05, 4.69) is 0 Å². The fourth-order valence-corrected chi connectivity index (χ4v) is 1.72. The molecule has 0 saturated heterocycles. The van der Waals surface area contributed by atoms with E-state index in [1.54, 1.807) is 13.0 Å². The monoisotopic (exact) mass is 283 g/mol. The lowest BCUT2D eigenvalue weighted by Crippen LogP contribution is -2.05. The number of ether oxygens (including phenoxy) is 1. The second kappa shape index (κ2) is 5.55. The minimum Gasteiger partial charge on any atom is -0.454 e. The Morgan fingerprint density at radius 3 is 2.42 bits per heavy atom. The van der Waals surface area contributed by atoms with E-state index >= 15 is 0 Å². The molecule has 100 valence electrons. The summed E-state index contributed by atoms with van der Waals surface area (Å²) < 4.78 is 32.1. The third-order valence-electron chi connectivity index (χ3n) is 2.60. The zero-order valence-corrected chi connectivity index (χ0v) is 10.9. The maximum atomic E-state index is 13.8. The number of rotatable bonds is 3. The van der Waals surface area contributed by atoms with E-state index in [9.17, 15) is 8.78 Å². The van der Waals surface area contributed by atoms with Crippen molar-refractivity contribution in [1.29, 1.82) is 0 Å². The van der Waals surface area contributed by atoms with Gasteiger partial charge < -0.3 is 10.5 Å². The van der Waals surface area contributed by atoms with Crippen molar-refractivity contribution in [3.63, 3.8) is 0 Å². The highest BCUT2D eigenvalue weighted by atomic mass is 35.5. The minimum absolute atomic E-state index is 0.0343. The van der Waals surface area contributed by atoms with Gasteiger partial charge in [-0.3, -0.25) is 0 Å². The van der Waals surface area contributed by atoms with E-state index in [1.807, 2.05) is 0 Å². The van der Waals surface area contributed by atoms with Crippen LogP contribution in [-0.2, 0) is 0 Å². The second-order valence-electron chi connectivity index (χ2n) is 4.16. The van der Waals surface area contributed by atoms with Crippen molar-refractivity contribution in [2.75, 3.05) is 0 Å². The van der Waals surface area contributed by atoms with E-state index in [4.69, 9.17) is 22.1 Å². The molecule has 0 spiro atoms. The van der Waals surface area contributed by atoms with Crippen molar-refractivity contribution in [3.05, 3.63) is 58.6 Å². The predicted molar refractivity (Wildman–Crippen MR) is 70.5 cm³/mol. The lowest BCUT2D eigenvalue weighted by Gasteiger charge is -2.10. The van der Waals surface area contributed by atoms with Gasteiger partial charge in [0.05, 0.1) is 5.02 Å². The van der Waals surface area contributed by atoms with Crippen LogP contribution in [-0.4, -0.2) is 0 Å². The summed E-state index contributed by atoms with van der Waals surface area (Å²) in [6, 6.07) is 8.02. The smallest absolute Gasteiger partial charge is 0.166 e. The Balaban J connectivity index is 2.25. The van der Waals surface area contributed by atoms with Crippen molar-refractivity contribution >= 4 is 11.6 Å². The van der Waals surface area contributed by atoms with Crippen LogP contribution >= 0.6 is 11.6 Å². The Bertz CT molecular complexity index is 602. The molecular weight excluding hydrogens is 272 g/mol. The molecule has 0 aliphatic carbocycles. The molecule has 2 aromatic carbocycles. The second-order valence-corrected chi connectivity index (χ2v) is 4.56. The summed E-state index contributed by atoms with van der Waals surface area (Å²) in [4.78, 5) is 0. The molecule has 0 heterocycles. The van der Waals surface area contributed by atoms with Crippen LogP contribution in [0.5, 0.6) is 11.5 Å². The van der Waals surface area contributed by atoms with Gasteiger partial charge in [-0.25, -0.2) is 8.78 Å². The Morgan fingerprint density at radius 2 is 1.84 bits per heavy atom. The van der Waals surface area contributed by atoms with Gasteiger partial charge in [0.2, 0.25) is 0 Å². The third kappa shape index (κ3) is 3.22. The molecule has 1 atom stereocenters. The summed E-state index contributed by atoms with van der Waals surface area (Å²) in [5, 5.41) is -0.0786. The number of benzene rings is 2. The minimum atomic E-state index is -0.554. The summed E-state index contributed by atoms with van der Waals surface area (Å²) >= 11 is 5.62. The molecule has 2 rings (SSSR count). The number of nitrogens with two attached hydrogens (primary N) is 1. The first-order valence-corrected chi connectivity index (χ1v) is 6.03. The highest BCUT2D eigenvalue weighted by Crippen LogP contribution is 2.29. The first kappa shape index (κ1) is 13.8. The Hall–Kier alpha value is -1.65. The van der Waals surface area contributed by atoms with Crippen LogP contribution in [0.1, 0.15) is 18.5 Å². The van der Waals surface area contributed by atoms with Gasteiger partial charge in [-0.1, -0.05) is 17.7 Å². The quantitative estimate of drug-likeness (QED) is 0.904. The molecule has 5 heteroatoms. The van der Waals surface area contributed by atoms with E-state index in [0.29, 0.717) is 5.56 Å². The lowest BCUT2D eigenvalue weighted by molar-refractivity contribution is 0.440. The van der Waals surface area contributed by atoms with Crippen molar-refractivity contribution in [2.24, 2.45) is 5.73 Å². The molecule has 0 aliphatic heterocycles. The van der Waals surface area contributed by atoms with Crippen LogP contribution in [0.4, 0.5) is 8.78 Å². The van der Waals surface area contributed by atoms with E-state index < -0.39 is 11.6 Å². The molecule has 2 N–H and O–H groups in total. The average molecular weight is 284 g/mol. The largest absolute Gasteiger partial charge is 0.454 e. The maximum absolute atomic E-state index is 13.8. The van der Waals surface area contributed by atoms with Gasteiger partial charge in [-0.05, 0) is 36.8 Å². The molecule has 19 heavy (non-hydrogen) atoms. The van der Waals surface area contributed by atoms with Crippen LogP contribution in [0.25, 0.3) is 0 Å². The molecule has 0 unspecified atom stereocenters. The highest BCUT2D eigenvalue weighted by molar-refractivity contribution is 6.30. The first-order valence-electron chi connectivity index (χ1n) is 5.65. The van der Waals surface area contributed by atoms with Gasteiger partial charge in [-0.15, -0.1) is 0 Å². The van der Waals surface area contributed by atoms with Crippen molar-refractivity contribution in [3.8, 4) is 11.5 Å². The Morgan fingerprint density at radius 1 is 1.11 bits per heavy atom. The Labute approximate surface area is 114 Å². The summed E-state index contributed by atoms with van der Waals surface area (Å²) in [6.07, 6.45) is 0. The van der Waals surface area contributed by atoms with Crippen molar-refractivity contribution in [1.82, 2.24) is 0 Å². The molecule has 0 bridgehead atoms. The summed E-state index contributed by atoms with van der Waals surface area (Å²) in [5.41, 5.74) is 6.32. The zero-order valence-electron chi connectivity index (χ0n) is 10.2. The molecule has 0 radical (unpaired) electrons.